The van der Waals surface area contributed by atoms with Crippen LogP contribution in [0, 0.1) is 0 Å². The van der Waals surface area contributed by atoms with Crippen molar-refractivity contribution in [2.45, 2.75) is 16.2 Å². The minimum absolute atomic E-state index is 0.424. The molecule has 0 aliphatic rings. The third-order valence-corrected chi connectivity index (χ3v) is 4.57. The second-order valence-corrected chi connectivity index (χ2v) is 5.89. The molecule has 2 rings (SSSR count). The number of hydrogen-bond donors (Lipinski definition) is 1. The van der Waals surface area contributed by atoms with E-state index in [2.05, 4.69) is 0 Å². The molecule has 0 saturated heterocycles. The third-order valence-electron chi connectivity index (χ3n) is 2.41. The van der Waals surface area contributed by atoms with E-state index in [1.807, 2.05) is 30.3 Å². The Morgan fingerprint density at radius 1 is 1.10 bits per heavy atom. The van der Waals surface area contributed by atoms with E-state index in [-0.39, 0.29) is 0 Å². The van der Waals surface area contributed by atoms with Crippen molar-refractivity contribution in [1.29, 1.82) is 0 Å². The molecule has 0 radical (unpaired) electrons. The summed E-state index contributed by atoms with van der Waals surface area (Å²) in [6.07, 6.45) is -0.599. The summed E-state index contributed by atoms with van der Waals surface area (Å²) in [5, 5.41) is 10.3. The van der Waals surface area contributed by atoms with E-state index >= 15 is 0 Å². The number of carboxylic acid groups (broad SMARTS) is 1. The second kappa shape index (κ2) is 6.49. The fourth-order valence-corrected chi connectivity index (χ4v) is 3.47. The highest BCUT2D eigenvalue weighted by molar-refractivity contribution is 7.99. The fourth-order valence-electron chi connectivity index (χ4n) is 1.50. The normalized spacial score (nSPS) is 10.2. The average molecular weight is 306 g/mol. The Hall–Kier alpha value is -1.92. The van der Waals surface area contributed by atoms with Crippen LogP contribution in [0.2, 0.25) is 0 Å². The number of rotatable bonds is 6. The number of Topliss-reactive ketones (excluding diaryl/α,β-unsaturated/α-hetero) is 2. The van der Waals surface area contributed by atoms with Gasteiger partial charge in [-0.15, -0.1) is 11.3 Å². The first-order valence-corrected chi connectivity index (χ1v) is 7.37. The predicted molar refractivity (Wildman–Crippen MR) is 76.5 cm³/mol. The van der Waals surface area contributed by atoms with E-state index < -0.39 is 24.0 Å². The molecule has 0 unspecified atom stereocenters. The summed E-state index contributed by atoms with van der Waals surface area (Å²) in [5.74, 6) is -3.11. The molecule has 0 aliphatic carbocycles. The summed E-state index contributed by atoms with van der Waals surface area (Å²) < 4.78 is 0. The Bertz CT molecular complexity index is 646. The molecule has 0 aliphatic heterocycles. The van der Waals surface area contributed by atoms with Crippen molar-refractivity contribution >= 4 is 40.6 Å². The van der Waals surface area contributed by atoms with Crippen molar-refractivity contribution in [2.24, 2.45) is 0 Å². The van der Waals surface area contributed by atoms with E-state index in [9.17, 15) is 14.4 Å². The second-order valence-electron chi connectivity index (χ2n) is 3.86. The quantitative estimate of drug-likeness (QED) is 0.504. The first kappa shape index (κ1) is 14.5. The fraction of sp³-hybridized carbons (Fsp3) is 0.0714. The van der Waals surface area contributed by atoms with Gasteiger partial charge in [0.2, 0.25) is 5.78 Å². The van der Waals surface area contributed by atoms with Crippen molar-refractivity contribution in [3.8, 4) is 0 Å². The molecular formula is C14H10O4S2. The van der Waals surface area contributed by atoms with Gasteiger partial charge in [-0.2, -0.15) is 0 Å². The minimum atomic E-state index is -1.58. The Morgan fingerprint density at radius 2 is 1.80 bits per heavy atom. The topological polar surface area (TPSA) is 71.4 Å². The molecule has 6 heteroatoms. The third kappa shape index (κ3) is 3.55. The van der Waals surface area contributed by atoms with E-state index in [4.69, 9.17) is 5.11 Å². The molecule has 0 fully saturated rings. The molecule has 0 atom stereocenters. The van der Waals surface area contributed by atoms with E-state index in [1.54, 1.807) is 11.4 Å². The molecule has 1 heterocycles. The molecule has 0 bridgehead atoms. The minimum Gasteiger partial charge on any atom is -0.475 e. The monoisotopic (exact) mass is 306 g/mol. The van der Waals surface area contributed by atoms with Gasteiger partial charge in [-0.05, 0) is 23.6 Å². The lowest BCUT2D eigenvalue weighted by molar-refractivity contribution is -0.148. The van der Waals surface area contributed by atoms with Crippen LogP contribution in [0.1, 0.15) is 16.1 Å². The lowest BCUT2D eigenvalue weighted by Gasteiger charge is -2.02. The highest BCUT2D eigenvalue weighted by Gasteiger charge is 2.21. The van der Waals surface area contributed by atoms with Gasteiger partial charge in [0.05, 0.1) is 11.3 Å². The smallest absolute Gasteiger partial charge is 0.372 e. The molecule has 1 aromatic carbocycles. The molecule has 0 saturated carbocycles. The molecule has 1 aromatic heterocycles. The number of carbonyl (C=O) groups excluding carboxylic acids is 2. The maximum absolute atomic E-state index is 11.9. The summed E-state index contributed by atoms with van der Waals surface area (Å²) in [6.45, 7) is 0. The molecule has 4 nitrogen and oxygen atoms in total. The molecule has 20 heavy (non-hydrogen) atoms. The first-order valence-electron chi connectivity index (χ1n) is 5.67. The molecule has 0 amide bonds. The van der Waals surface area contributed by atoms with E-state index in [0.717, 1.165) is 9.79 Å². The number of benzene rings is 1. The number of aliphatic carboxylic acids is 1. The van der Waals surface area contributed by atoms with Crippen molar-refractivity contribution in [2.75, 3.05) is 0 Å². The Kier molecular flexibility index (Phi) is 4.70. The van der Waals surface area contributed by atoms with Crippen molar-refractivity contribution < 1.29 is 19.5 Å². The van der Waals surface area contributed by atoms with Gasteiger partial charge in [0.15, 0.2) is 5.78 Å². The van der Waals surface area contributed by atoms with Gasteiger partial charge in [0.25, 0.3) is 0 Å². The van der Waals surface area contributed by atoms with Gasteiger partial charge >= 0.3 is 5.97 Å². The highest BCUT2D eigenvalue weighted by Crippen LogP contribution is 2.34. The summed E-state index contributed by atoms with van der Waals surface area (Å²) in [6, 6.07) is 11.3. The van der Waals surface area contributed by atoms with Crippen LogP contribution in [0.25, 0.3) is 0 Å². The van der Waals surface area contributed by atoms with Crippen LogP contribution in [0.5, 0.6) is 0 Å². The summed E-state index contributed by atoms with van der Waals surface area (Å²) in [5.41, 5.74) is 0. The standard InChI is InChI=1S/C14H10O4S2/c15-10(8-11(16)14(17)18)13-12(6-7-19-13)20-9-4-2-1-3-5-9/h1-7H,8H2,(H,17,18). The zero-order chi connectivity index (χ0) is 14.5. The van der Waals surface area contributed by atoms with Crippen molar-refractivity contribution in [3.05, 3.63) is 46.7 Å². The highest BCUT2D eigenvalue weighted by atomic mass is 32.2. The van der Waals surface area contributed by atoms with Crippen LogP contribution in [-0.4, -0.2) is 22.6 Å². The van der Waals surface area contributed by atoms with Crippen LogP contribution >= 0.6 is 23.1 Å². The van der Waals surface area contributed by atoms with Gasteiger partial charge in [-0.25, -0.2) is 4.79 Å². The summed E-state index contributed by atoms with van der Waals surface area (Å²) in [4.78, 5) is 35.7. The van der Waals surface area contributed by atoms with E-state index in [0.29, 0.717) is 4.88 Å². The molecular weight excluding hydrogens is 296 g/mol. The number of carbonyl (C=O) groups is 3. The Balaban J connectivity index is 2.14. The van der Waals surface area contributed by atoms with Gasteiger partial charge in [0.1, 0.15) is 0 Å². The van der Waals surface area contributed by atoms with E-state index in [1.165, 1.54) is 23.1 Å². The SMILES string of the molecule is O=C(O)C(=O)CC(=O)c1sccc1Sc1ccccc1. The van der Waals surface area contributed by atoms with Crippen LogP contribution in [0.4, 0.5) is 0 Å². The van der Waals surface area contributed by atoms with Gasteiger partial charge in [-0.1, -0.05) is 30.0 Å². The lowest BCUT2D eigenvalue weighted by atomic mass is 10.2. The summed E-state index contributed by atoms with van der Waals surface area (Å²) in [7, 11) is 0. The number of hydrogen-bond acceptors (Lipinski definition) is 5. The van der Waals surface area contributed by atoms with Gasteiger partial charge in [-0.3, -0.25) is 9.59 Å². The maximum Gasteiger partial charge on any atom is 0.372 e. The van der Waals surface area contributed by atoms with Crippen molar-refractivity contribution in [3.63, 3.8) is 0 Å². The van der Waals surface area contributed by atoms with Crippen LogP contribution in [0.15, 0.2) is 51.6 Å². The van der Waals surface area contributed by atoms with Crippen LogP contribution in [-0.2, 0) is 9.59 Å². The van der Waals surface area contributed by atoms with Gasteiger partial charge in [0, 0.05) is 9.79 Å². The number of thiophene rings is 1. The van der Waals surface area contributed by atoms with Crippen LogP contribution < -0.4 is 0 Å². The zero-order valence-electron chi connectivity index (χ0n) is 10.2. The Morgan fingerprint density at radius 3 is 2.45 bits per heavy atom. The lowest BCUT2D eigenvalue weighted by Crippen LogP contribution is -2.16. The largest absolute Gasteiger partial charge is 0.475 e. The van der Waals surface area contributed by atoms with Crippen molar-refractivity contribution in [1.82, 2.24) is 0 Å². The number of carboxylic acids is 1. The maximum atomic E-state index is 11.9. The molecule has 1 N–H and O–H groups in total. The molecule has 2 aromatic rings. The van der Waals surface area contributed by atoms with Crippen LogP contribution in [0.3, 0.4) is 0 Å². The molecule has 102 valence electrons. The molecule has 0 spiro atoms. The summed E-state index contributed by atoms with van der Waals surface area (Å²) >= 11 is 2.63. The number of ketones is 2. The zero-order valence-corrected chi connectivity index (χ0v) is 11.9. The predicted octanol–water partition coefficient (Wildman–Crippen LogP) is 3.13. The van der Waals surface area contributed by atoms with Gasteiger partial charge < -0.3 is 5.11 Å². The Labute approximate surface area is 123 Å². The first-order chi connectivity index (χ1) is 9.58. The average Bonchev–Trinajstić information content (AvgIpc) is 2.88.